The van der Waals surface area contributed by atoms with Gasteiger partial charge in [0.2, 0.25) is 0 Å². The van der Waals surface area contributed by atoms with E-state index in [0.29, 0.717) is 6.04 Å². The van der Waals surface area contributed by atoms with Gasteiger partial charge in [-0.1, -0.05) is 6.42 Å². The van der Waals surface area contributed by atoms with E-state index in [0.717, 1.165) is 26.1 Å². The lowest BCUT2D eigenvalue weighted by Gasteiger charge is -2.31. The van der Waals surface area contributed by atoms with E-state index in [-0.39, 0.29) is 6.04 Å². The molecule has 1 unspecified atom stereocenters. The molecule has 0 aliphatic carbocycles. The van der Waals surface area contributed by atoms with Crippen molar-refractivity contribution in [3.05, 3.63) is 0 Å². The fourth-order valence-electron chi connectivity index (χ4n) is 2.47. The van der Waals surface area contributed by atoms with Gasteiger partial charge in [-0.05, 0) is 32.4 Å². The van der Waals surface area contributed by atoms with Crippen LogP contribution in [-0.2, 0) is 4.79 Å². The monoisotopic (exact) mass is 198 g/mol. The Morgan fingerprint density at radius 1 is 1.29 bits per heavy atom. The van der Waals surface area contributed by atoms with Crippen molar-refractivity contribution in [1.29, 1.82) is 0 Å². The van der Waals surface area contributed by atoms with Crippen LogP contribution in [0, 0.1) is 0 Å². The number of carboxylic acids is 1. The first kappa shape index (κ1) is 9.93. The first-order chi connectivity index (χ1) is 6.77. The van der Waals surface area contributed by atoms with Crippen molar-refractivity contribution in [3.8, 4) is 0 Å². The van der Waals surface area contributed by atoms with E-state index in [1.54, 1.807) is 0 Å². The number of rotatable bonds is 2. The van der Waals surface area contributed by atoms with Crippen molar-refractivity contribution in [2.24, 2.45) is 0 Å². The molecule has 2 N–H and O–H groups in total. The first-order valence-electron chi connectivity index (χ1n) is 5.47. The number of carbonyl (C=O) groups is 1. The lowest BCUT2D eigenvalue weighted by atomic mass is 10.1. The van der Waals surface area contributed by atoms with Gasteiger partial charge in [-0.2, -0.15) is 0 Å². The highest BCUT2D eigenvalue weighted by Crippen LogP contribution is 2.18. The normalized spacial score (nSPS) is 34.6. The third kappa shape index (κ3) is 2.07. The molecule has 2 saturated heterocycles. The summed E-state index contributed by atoms with van der Waals surface area (Å²) in [5.74, 6) is -0.704. The van der Waals surface area contributed by atoms with Crippen LogP contribution < -0.4 is 5.32 Å². The lowest BCUT2D eigenvalue weighted by Crippen LogP contribution is -2.40. The van der Waals surface area contributed by atoms with Crippen molar-refractivity contribution in [2.45, 2.75) is 37.8 Å². The molecule has 2 rings (SSSR count). The Hall–Kier alpha value is -0.610. The second-order valence-corrected chi connectivity index (χ2v) is 4.29. The van der Waals surface area contributed by atoms with Gasteiger partial charge in [0.15, 0.2) is 0 Å². The summed E-state index contributed by atoms with van der Waals surface area (Å²) in [7, 11) is 0. The molecule has 0 aromatic carbocycles. The predicted octanol–water partition coefficient (Wildman–Crippen LogP) is 0.287. The van der Waals surface area contributed by atoms with E-state index in [4.69, 9.17) is 5.11 Å². The number of likely N-dealkylation sites (tertiary alicyclic amines) is 1. The Labute approximate surface area is 84.3 Å². The van der Waals surface area contributed by atoms with Crippen LogP contribution in [0.2, 0.25) is 0 Å². The summed E-state index contributed by atoms with van der Waals surface area (Å²) in [6.45, 7) is 3.15. The molecule has 0 amide bonds. The maximum Gasteiger partial charge on any atom is 0.320 e. The summed E-state index contributed by atoms with van der Waals surface area (Å²) >= 11 is 0. The lowest BCUT2D eigenvalue weighted by molar-refractivity contribution is -0.139. The number of hydrogen-bond acceptors (Lipinski definition) is 3. The molecule has 14 heavy (non-hydrogen) atoms. The number of piperidine rings is 1. The summed E-state index contributed by atoms with van der Waals surface area (Å²) in [6.07, 6.45) is 4.65. The van der Waals surface area contributed by atoms with E-state index in [1.165, 1.54) is 19.3 Å². The van der Waals surface area contributed by atoms with Gasteiger partial charge in [-0.15, -0.1) is 0 Å². The topological polar surface area (TPSA) is 52.6 Å². The van der Waals surface area contributed by atoms with Gasteiger partial charge in [0.05, 0.1) is 0 Å². The van der Waals surface area contributed by atoms with Crippen molar-refractivity contribution in [1.82, 2.24) is 10.2 Å². The summed E-state index contributed by atoms with van der Waals surface area (Å²) in [5, 5.41) is 11.9. The molecule has 0 bridgehead atoms. The van der Waals surface area contributed by atoms with E-state index in [1.807, 2.05) is 0 Å². The molecule has 2 aliphatic heterocycles. The first-order valence-corrected chi connectivity index (χ1v) is 5.47. The molecule has 0 radical (unpaired) electrons. The number of hydrogen-bond donors (Lipinski definition) is 2. The number of carboxylic acid groups (broad SMARTS) is 1. The standard InChI is InChI=1S/C10H18N2O2/c13-10(14)9-6-8(7-11-9)12-4-2-1-3-5-12/h8-9,11H,1-7H2,(H,13,14)/t8?,9-/m0/s1. The SMILES string of the molecule is O=C(O)[C@@H]1CC(N2CCCCC2)CN1. The Bertz CT molecular complexity index is 214. The van der Waals surface area contributed by atoms with Crippen LogP contribution in [0.3, 0.4) is 0 Å². The fourth-order valence-corrected chi connectivity index (χ4v) is 2.47. The largest absolute Gasteiger partial charge is 0.480 e. The highest BCUT2D eigenvalue weighted by molar-refractivity contribution is 5.73. The van der Waals surface area contributed by atoms with Crippen molar-refractivity contribution < 1.29 is 9.90 Å². The minimum absolute atomic E-state index is 0.318. The Morgan fingerprint density at radius 3 is 2.57 bits per heavy atom. The van der Waals surface area contributed by atoms with Crippen LogP contribution in [-0.4, -0.2) is 47.7 Å². The molecule has 2 heterocycles. The molecule has 0 aromatic heterocycles. The molecule has 0 aromatic rings. The Balaban J connectivity index is 1.85. The van der Waals surface area contributed by atoms with E-state index < -0.39 is 5.97 Å². The zero-order valence-corrected chi connectivity index (χ0v) is 8.41. The summed E-state index contributed by atoms with van der Waals surface area (Å²) in [4.78, 5) is 13.2. The number of aliphatic carboxylic acids is 1. The molecule has 2 aliphatic rings. The second kappa shape index (κ2) is 4.28. The van der Waals surface area contributed by atoms with Gasteiger partial charge in [-0.3, -0.25) is 9.69 Å². The van der Waals surface area contributed by atoms with Crippen LogP contribution >= 0.6 is 0 Å². The van der Waals surface area contributed by atoms with Crippen LogP contribution in [0.1, 0.15) is 25.7 Å². The molecule has 4 nitrogen and oxygen atoms in total. The van der Waals surface area contributed by atoms with Crippen LogP contribution in [0.4, 0.5) is 0 Å². The third-order valence-electron chi connectivity index (χ3n) is 3.31. The minimum Gasteiger partial charge on any atom is -0.480 e. The van der Waals surface area contributed by atoms with Crippen molar-refractivity contribution in [3.63, 3.8) is 0 Å². The summed E-state index contributed by atoms with van der Waals surface area (Å²) in [5.41, 5.74) is 0. The van der Waals surface area contributed by atoms with Gasteiger partial charge in [-0.25, -0.2) is 0 Å². The highest BCUT2D eigenvalue weighted by Gasteiger charge is 2.32. The highest BCUT2D eigenvalue weighted by atomic mass is 16.4. The van der Waals surface area contributed by atoms with Gasteiger partial charge in [0.25, 0.3) is 0 Å². The number of nitrogens with one attached hydrogen (secondary N) is 1. The zero-order chi connectivity index (χ0) is 9.97. The average Bonchev–Trinajstić information content (AvgIpc) is 2.68. The van der Waals surface area contributed by atoms with Gasteiger partial charge in [0, 0.05) is 12.6 Å². The van der Waals surface area contributed by atoms with Crippen LogP contribution in [0.15, 0.2) is 0 Å². The third-order valence-corrected chi connectivity index (χ3v) is 3.31. The fraction of sp³-hybridized carbons (Fsp3) is 0.900. The predicted molar refractivity (Wildman–Crippen MR) is 53.3 cm³/mol. The van der Waals surface area contributed by atoms with Crippen LogP contribution in [0.25, 0.3) is 0 Å². The minimum atomic E-state index is -0.704. The molecule has 0 saturated carbocycles. The Kier molecular flexibility index (Phi) is 3.03. The molecule has 2 fully saturated rings. The maximum absolute atomic E-state index is 10.7. The Morgan fingerprint density at radius 2 is 2.00 bits per heavy atom. The van der Waals surface area contributed by atoms with E-state index in [9.17, 15) is 4.79 Å². The summed E-state index contributed by atoms with van der Waals surface area (Å²) < 4.78 is 0. The van der Waals surface area contributed by atoms with E-state index >= 15 is 0 Å². The zero-order valence-electron chi connectivity index (χ0n) is 8.41. The van der Waals surface area contributed by atoms with Gasteiger partial charge in [0.1, 0.15) is 6.04 Å². The maximum atomic E-state index is 10.7. The number of nitrogens with zero attached hydrogens (tertiary/aromatic N) is 1. The van der Waals surface area contributed by atoms with Crippen molar-refractivity contribution >= 4 is 5.97 Å². The molecule has 2 atom stereocenters. The molecule has 0 spiro atoms. The second-order valence-electron chi connectivity index (χ2n) is 4.29. The molecular formula is C10H18N2O2. The quantitative estimate of drug-likeness (QED) is 0.669. The smallest absolute Gasteiger partial charge is 0.320 e. The van der Waals surface area contributed by atoms with Crippen LogP contribution in [0.5, 0.6) is 0 Å². The molecule has 80 valence electrons. The van der Waals surface area contributed by atoms with Gasteiger partial charge < -0.3 is 10.4 Å². The van der Waals surface area contributed by atoms with Gasteiger partial charge >= 0.3 is 5.97 Å². The molecule has 4 heteroatoms. The van der Waals surface area contributed by atoms with E-state index in [2.05, 4.69) is 10.2 Å². The van der Waals surface area contributed by atoms with Crippen molar-refractivity contribution in [2.75, 3.05) is 19.6 Å². The summed E-state index contributed by atoms with van der Waals surface area (Å²) in [6, 6.07) is 0.137. The average molecular weight is 198 g/mol. The molecular weight excluding hydrogens is 180 g/mol.